The summed E-state index contributed by atoms with van der Waals surface area (Å²) in [7, 11) is -1.50. The lowest BCUT2D eigenvalue weighted by Crippen LogP contribution is -2.29. The van der Waals surface area contributed by atoms with Crippen molar-refractivity contribution in [2.45, 2.75) is 6.42 Å². The van der Waals surface area contributed by atoms with Crippen LogP contribution in [0.25, 0.3) is 0 Å². The van der Waals surface area contributed by atoms with Gasteiger partial charge in [-0.25, -0.2) is 12.7 Å². The van der Waals surface area contributed by atoms with Crippen LogP contribution >= 0.6 is 27.3 Å². The second kappa shape index (κ2) is 5.25. The number of sulfonamides is 1. The van der Waals surface area contributed by atoms with E-state index in [1.165, 1.54) is 9.18 Å². The summed E-state index contributed by atoms with van der Waals surface area (Å²) in [5.41, 5.74) is 0. The minimum atomic E-state index is -3.10. The fourth-order valence-electron chi connectivity index (χ4n) is 0.945. The van der Waals surface area contributed by atoms with Crippen LogP contribution in [0.15, 0.2) is 17.5 Å². The molecule has 0 N–H and O–H groups in total. The third kappa shape index (κ3) is 3.34. The normalized spacial score (nSPS) is 12.2. The fraction of sp³-hybridized carbons (Fsp3) is 0.500. The Morgan fingerprint density at radius 1 is 1.57 bits per heavy atom. The molecule has 0 aliphatic carbocycles. The Bertz CT molecular complexity index is 361. The molecule has 0 aliphatic rings. The van der Waals surface area contributed by atoms with Gasteiger partial charge in [-0.3, -0.25) is 0 Å². The number of likely N-dealkylation sites (N-methyl/N-ethyl adjacent to an activating group) is 1. The molecule has 0 atom stereocenters. The summed E-state index contributed by atoms with van der Waals surface area (Å²) >= 11 is 4.61. The second-order valence-electron chi connectivity index (χ2n) is 2.87. The highest BCUT2D eigenvalue weighted by Gasteiger charge is 2.15. The monoisotopic (exact) mass is 297 g/mol. The molecule has 1 rings (SSSR count). The first kappa shape index (κ1) is 12.2. The van der Waals surface area contributed by atoms with E-state index in [0.717, 1.165) is 6.42 Å². The van der Waals surface area contributed by atoms with Gasteiger partial charge in [0, 0.05) is 18.5 Å². The number of hydrogen-bond donors (Lipinski definition) is 0. The van der Waals surface area contributed by atoms with Crippen LogP contribution < -0.4 is 0 Å². The number of rotatable bonds is 5. The van der Waals surface area contributed by atoms with Crippen LogP contribution in [-0.4, -0.2) is 31.0 Å². The van der Waals surface area contributed by atoms with E-state index in [9.17, 15) is 8.42 Å². The number of nitrogens with zero attached hydrogens (tertiary/aromatic N) is 1. The van der Waals surface area contributed by atoms with Crippen molar-refractivity contribution < 1.29 is 8.42 Å². The standard InChI is InChI=1S/C8H12BrNO2S2/c1-10(14(11,12)7-9)5-4-8-3-2-6-13-8/h2-3,6H,4-5,7H2,1H3. The van der Waals surface area contributed by atoms with E-state index in [4.69, 9.17) is 0 Å². The smallest absolute Gasteiger partial charge is 0.211 e. The van der Waals surface area contributed by atoms with Crippen molar-refractivity contribution in [1.29, 1.82) is 0 Å². The van der Waals surface area contributed by atoms with Gasteiger partial charge in [0.1, 0.15) is 4.66 Å². The maximum atomic E-state index is 11.3. The Balaban J connectivity index is 2.47. The number of halogens is 1. The molecule has 0 saturated carbocycles. The zero-order valence-electron chi connectivity index (χ0n) is 7.81. The summed E-state index contributed by atoms with van der Waals surface area (Å²) in [5, 5.41) is 1.99. The van der Waals surface area contributed by atoms with Gasteiger partial charge in [0.05, 0.1) is 0 Å². The van der Waals surface area contributed by atoms with Crippen LogP contribution in [0.3, 0.4) is 0 Å². The molecular weight excluding hydrogens is 286 g/mol. The molecule has 0 saturated heterocycles. The van der Waals surface area contributed by atoms with Crippen molar-refractivity contribution in [2.75, 3.05) is 18.3 Å². The molecule has 0 aromatic carbocycles. The summed E-state index contributed by atoms with van der Waals surface area (Å²) < 4.78 is 24.0. The van der Waals surface area contributed by atoms with Gasteiger partial charge in [0.25, 0.3) is 0 Å². The highest BCUT2D eigenvalue weighted by molar-refractivity contribution is 9.10. The summed E-state index contributed by atoms with van der Waals surface area (Å²) in [6, 6.07) is 3.98. The van der Waals surface area contributed by atoms with Gasteiger partial charge in [-0.1, -0.05) is 22.0 Å². The van der Waals surface area contributed by atoms with E-state index in [1.807, 2.05) is 17.5 Å². The van der Waals surface area contributed by atoms with Gasteiger partial charge in [-0.15, -0.1) is 11.3 Å². The quantitative estimate of drug-likeness (QED) is 0.779. The molecule has 80 valence electrons. The number of thiophene rings is 1. The third-order valence-corrected chi connectivity index (χ3v) is 5.95. The topological polar surface area (TPSA) is 37.4 Å². The van der Waals surface area contributed by atoms with Gasteiger partial charge in [0.2, 0.25) is 10.0 Å². The minimum absolute atomic E-state index is 0.0130. The van der Waals surface area contributed by atoms with Crippen molar-refractivity contribution in [1.82, 2.24) is 4.31 Å². The molecule has 1 aromatic heterocycles. The number of alkyl halides is 1. The molecule has 3 nitrogen and oxygen atoms in total. The molecule has 0 amide bonds. The molecule has 0 radical (unpaired) electrons. The Kier molecular flexibility index (Phi) is 4.56. The summed E-state index contributed by atoms with van der Waals surface area (Å²) in [4.78, 5) is 1.21. The van der Waals surface area contributed by atoms with E-state index >= 15 is 0 Å². The summed E-state index contributed by atoms with van der Waals surface area (Å²) in [6.45, 7) is 0.536. The van der Waals surface area contributed by atoms with E-state index < -0.39 is 10.0 Å². The molecule has 6 heteroatoms. The van der Waals surface area contributed by atoms with E-state index in [-0.39, 0.29) is 4.66 Å². The van der Waals surface area contributed by atoms with Crippen LogP contribution in [0.4, 0.5) is 0 Å². The maximum Gasteiger partial charge on any atom is 0.223 e. The molecule has 1 aromatic rings. The zero-order chi connectivity index (χ0) is 10.6. The highest BCUT2D eigenvalue weighted by Crippen LogP contribution is 2.11. The predicted molar refractivity (Wildman–Crippen MR) is 63.4 cm³/mol. The first-order chi connectivity index (χ1) is 6.56. The first-order valence-corrected chi connectivity index (χ1v) is 7.69. The highest BCUT2D eigenvalue weighted by atomic mass is 79.9. The molecule has 0 unspecified atom stereocenters. The van der Waals surface area contributed by atoms with E-state index in [0.29, 0.717) is 6.54 Å². The van der Waals surface area contributed by atoms with Gasteiger partial charge in [0.15, 0.2) is 0 Å². The third-order valence-electron chi connectivity index (χ3n) is 1.87. The Morgan fingerprint density at radius 3 is 2.79 bits per heavy atom. The fourth-order valence-corrected chi connectivity index (χ4v) is 3.23. The molecule has 0 aliphatic heterocycles. The van der Waals surface area contributed by atoms with Crippen LogP contribution in [0, 0.1) is 0 Å². The summed E-state index contributed by atoms with van der Waals surface area (Å²) in [6.07, 6.45) is 0.778. The Morgan fingerprint density at radius 2 is 2.29 bits per heavy atom. The van der Waals surface area contributed by atoms with Crippen molar-refractivity contribution >= 4 is 37.3 Å². The van der Waals surface area contributed by atoms with Crippen LogP contribution in [0.2, 0.25) is 0 Å². The lowest BCUT2D eigenvalue weighted by atomic mass is 10.3. The van der Waals surface area contributed by atoms with Crippen molar-refractivity contribution in [2.24, 2.45) is 0 Å². The Hall–Kier alpha value is 0.0900. The average molecular weight is 298 g/mol. The van der Waals surface area contributed by atoms with Gasteiger partial charge in [-0.05, 0) is 17.9 Å². The molecule has 14 heavy (non-hydrogen) atoms. The number of hydrogen-bond acceptors (Lipinski definition) is 3. The maximum absolute atomic E-state index is 11.3. The van der Waals surface area contributed by atoms with E-state index in [1.54, 1.807) is 18.4 Å². The van der Waals surface area contributed by atoms with Gasteiger partial charge in [-0.2, -0.15) is 0 Å². The Labute approximate surface area is 96.9 Å². The molecule has 0 bridgehead atoms. The first-order valence-electron chi connectivity index (χ1n) is 4.08. The van der Waals surface area contributed by atoms with Crippen molar-refractivity contribution in [3.8, 4) is 0 Å². The molecule has 0 fully saturated rings. The van der Waals surface area contributed by atoms with Gasteiger partial charge >= 0.3 is 0 Å². The largest absolute Gasteiger partial charge is 0.223 e. The predicted octanol–water partition coefficient (Wildman–Crippen LogP) is 1.90. The summed E-state index contributed by atoms with van der Waals surface area (Å²) in [5.74, 6) is 0. The van der Waals surface area contributed by atoms with Crippen molar-refractivity contribution in [3.63, 3.8) is 0 Å². The molecular formula is C8H12BrNO2S2. The molecule has 1 heterocycles. The average Bonchev–Trinajstić information content (AvgIpc) is 2.66. The van der Waals surface area contributed by atoms with E-state index in [2.05, 4.69) is 15.9 Å². The van der Waals surface area contributed by atoms with Crippen LogP contribution in [0.1, 0.15) is 4.88 Å². The van der Waals surface area contributed by atoms with Crippen LogP contribution in [0.5, 0.6) is 0 Å². The van der Waals surface area contributed by atoms with Gasteiger partial charge < -0.3 is 0 Å². The minimum Gasteiger partial charge on any atom is -0.211 e. The SMILES string of the molecule is CN(CCc1cccs1)S(=O)(=O)CBr. The van der Waals surface area contributed by atoms with Crippen molar-refractivity contribution in [3.05, 3.63) is 22.4 Å². The van der Waals surface area contributed by atoms with Crippen LogP contribution in [-0.2, 0) is 16.4 Å². The lowest BCUT2D eigenvalue weighted by Gasteiger charge is -2.14. The lowest BCUT2D eigenvalue weighted by molar-refractivity contribution is 0.478. The second-order valence-corrected chi connectivity index (χ2v) is 7.28. The molecule has 0 spiro atoms. The zero-order valence-corrected chi connectivity index (χ0v) is 11.0.